The average Bonchev–Trinajstić information content (AvgIpc) is 3.41. The molecular formula is C20H15N3O4S. The summed E-state index contributed by atoms with van der Waals surface area (Å²) in [5.74, 6) is 0.961. The highest BCUT2D eigenvalue weighted by atomic mass is 32.1. The summed E-state index contributed by atoms with van der Waals surface area (Å²) in [6.45, 7) is 1.24. The van der Waals surface area contributed by atoms with Crippen molar-refractivity contribution in [3.05, 3.63) is 59.2 Å². The summed E-state index contributed by atoms with van der Waals surface area (Å²) >= 11 is 1.38. The zero-order chi connectivity index (χ0) is 18.9. The standard InChI is InChI=1S/C20H15N3O4S/c24-20(27-10-12-1-2-14-9-21-23-15(14)7-12)16-11-28-19(22-16)13-3-4-17-18(8-13)26-6-5-25-17/h1-4,7-9,11H,5-6,10H2,(H,21,23). The SMILES string of the molecule is O=C(OCc1ccc2cn[nH]c2c1)c1csc(-c2ccc3c(c2)OCCO3)n1. The van der Waals surface area contributed by atoms with Gasteiger partial charge < -0.3 is 14.2 Å². The number of aromatic nitrogens is 3. The maximum Gasteiger partial charge on any atom is 0.358 e. The van der Waals surface area contributed by atoms with Gasteiger partial charge >= 0.3 is 5.97 Å². The van der Waals surface area contributed by atoms with E-state index in [-0.39, 0.29) is 12.3 Å². The molecule has 0 bridgehead atoms. The fraction of sp³-hybridized carbons (Fsp3) is 0.150. The van der Waals surface area contributed by atoms with Crippen molar-refractivity contribution < 1.29 is 19.0 Å². The van der Waals surface area contributed by atoms with Gasteiger partial charge in [-0.3, -0.25) is 5.10 Å². The summed E-state index contributed by atoms with van der Waals surface area (Å²) in [4.78, 5) is 16.8. The third-order valence-electron chi connectivity index (χ3n) is 4.38. The highest BCUT2D eigenvalue weighted by Gasteiger charge is 2.17. The van der Waals surface area contributed by atoms with E-state index in [2.05, 4.69) is 15.2 Å². The Morgan fingerprint density at radius 3 is 2.96 bits per heavy atom. The molecule has 3 heterocycles. The van der Waals surface area contributed by atoms with Crippen LogP contribution in [0.15, 0.2) is 48.0 Å². The lowest BCUT2D eigenvalue weighted by atomic mass is 10.2. The molecule has 28 heavy (non-hydrogen) atoms. The number of esters is 1. The van der Waals surface area contributed by atoms with Gasteiger partial charge in [0.1, 0.15) is 24.8 Å². The summed E-state index contributed by atoms with van der Waals surface area (Å²) in [5, 5.41) is 10.3. The predicted molar refractivity (Wildman–Crippen MR) is 104 cm³/mol. The maximum atomic E-state index is 12.4. The zero-order valence-corrected chi connectivity index (χ0v) is 15.5. The Kier molecular flexibility index (Phi) is 4.17. The Hall–Kier alpha value is -3.39. The van der Waals surface area contributed by atoms with E-state index in [9.17, 15) is 4.79 Å². The van der Waals surface area contributed by atoms with Crippen molar-refractivity contribution in [2.24, 2.45) is 0 Å². The van der Waals surface area contributed by atoms with Crippen molar-refractivity contribution in [2.45, 2.75) is 6.61 Å². The molecule has 0 atom stereocenters. The number of benzene rings is 2. The molecular weight excluding hydrogens is 378 g/mol. The Morgan fingerprint density at radius 2 is 2.04 bits per heavy atom. The molecule has 0 saturated carbocycles. The first kappa shape index (κ1) is 16.8. The quantitative estimate of drug-likeness (QED) is 0.531. The van der Waals surface area contributed by atoms with Gasteiger partial charge in [-0.1, -0.05) is 12.1 Å². The highest BCUT2D eigenvalue weighted by Crippen LogP contribution is 2.35. The van der Waals surface area contributed by atoms with E-state index in [1.54, 1.807) is 11.6 Å². The van der Waals surface area contributed by atoms with E-state index < -0.39 is 5.97 Å². The number of nitrogens with zero attached hydrogens (tertiary/aromatic N) is 2. The maximum absolute atomic E-state index is 12.4. The van der Waals surface area contributed by atoms with Gasteiger partial charge in [0.05, 0.1) is 11.7 Å². The fourth-order valence-electron chi connectivity index (χ4n) is 2.97. The number of hydrogen-bond acceptors (Lipinski definition) is 7. The van der Waals surface area contributed by atoms with Crippen molar-refractivity contribution in [3.63, 3.8) is 0 Å². The Labute approximate surface area is 163 Å². The number of H-pyrrole nitrogens is 1. The number of aromatic amines is 1. The molecule has 1 aliphatic heterocycles. The lowest BCUT2D eigenvalue weighted by Gasteiger charge is -2.18. The normalized spacial score (nSPS) is 12.9. The molecule has 8 heteroatoms. The number of carbonyl (C=O) groups excluding carboxylic acids is 1. The topological polar surface area (TPSA) is 86.3 Å². The lowest BCUT2D eigenvalue weighted by Crippen LogP contribution is -2.15. The molecule has 0 spiro atoms. The monoisotopic (exact) mass is 393 g/mol. The molecule has 0 aliphatic carbocycles. The Morgan fingerprint density at radius 1 is 1.14 bits per heavy atom. The molecule has 1 N–H and O–H groups in total. The van der Waals surface area contributed by atoms with E-state index in [1.807, 2.05) is 36.4 Å². The molecule has 0 fully saturated rings. The third-order valence-corrected chi connectivity index (χ3v) is 5.27. The Bertz CT molecular complexity index is 1170. The van der Waals surface area contributed by atoms with Gasteiger partial charge in [0.15, 0.2) is 17.2 Å². The lowest BCUT2D eigenvalue weighted by molar-refractivity contribution is 0.0467. The molecule has 4 aromatic rings. The molecule has 2 aromatic carbocycles. The van der Waals surface area contributed by atoms with Gasteiger partial charge in [-0.2, -0.15) is 5.10 Å². The van der Waals surface area contributed by atoms with Gasteiger partial charge in [-0.05, 0) is 29.8 Å². The molecule has 0 unspecified atom stereocenters. The van der Waals surface area contributed by atoms with Crippen LogP contribution >= 0.6 is 11.3 Å². The minimum absolute atomic E-state index is 0.171. The van der Waals surface area contributed by atoms with Crippen LogP contribution in [0.3, 0.4) is 0 Å². The van der Waals surface area contributed by atoms with Crippen LogP contribution in [0, 0.1) is 0 Å². The number of carbonyl (C=O) groups is 1. The number of thiazole rings is 1. The summed E-state index contributed by atoms with van der Waals surface area (Å²) in [6.07, 6.45) is 1.75. The van der Waals surface area contributed by atoms with Crippen molar-refractivity contribution in [1.29, 1.82) is 0 Å². The molecule has 2 aromatic heterocycles. The number of ether oxygens (including phenoxy) is 3. The first-order valence-electron chi connectivity index (χ1n) is 8.71. The van der Waals surface area contributed by atoms with Crippen LogP contribution in [0.2, 0.25) is 0 Å². The minimum Gasteiger partial charge on any atom is -0.486 e. The fourth-order valence-corrected chi connectivity index (χ4v) is 3.76. The number of nitrogens with one attached hydrogen (secondary N) is 1. The summed E-state index contributed by atoms with van der Waals surface area (Å²) < 4.78 is 16.5. The van der Waals surface area contributed by atoms with Crippen molar-refractivity contribution in [3.8, 4) is 22.1 Å². The largest absolute Gasteiger partial charge is 0.486 e. The van der Waals surface area contributed by atoms with Crippen LogP contribution in [0.4, 0.5) is 0 Å². The van der Waals surface area contributed by atoms with E-state index in [0.29, 0.717) is 19.0 Å². The van der Waals surface area contributed by atoms with Crippen molar-refractivity contribution in [2.75, 3.05) is 13.2 Å². The van der Waals surface area contributed by atoms with E-state index in [4.69, 9.17) is 14.2 Å². The van der Waals surface area contributed by atoms with Crippen molar-refractivity contribution >= 4 is 28.2 Å². The average molecular weight is 393 g/mol. The van der Waals surface area contributed by atoms with Gasteiger partial charge in [0, 0.05) is 16.3 Å². The third kappa shape index (κ3) is 3.18. The number of fused-ring (bicyclic) bond motifs is 2. The summed E-state index contributed by atoms with van der Waals surface area (Å²) in [5.41, 5.74) is 2.95. The summed E-state index contributed by atoms with van der Waals surface area (Å²) in [6, 6.07) is 11.4. The van der Waals surface area contributed by atoms with Crippen LogP contribution in [0.1, 0.15) is 16.1 Å². The van der Waals surface area contributed by atoms with Crippen LogP contribution in [-0.4, -0.2) is 34.4 Å². The van der Waals surface area contributed by atoms with Gasteiger partial charge in [-0.25, -0.2) is 9.78 Å². The predicted octanol–water partition coefficient (Wildman–Crippen LogP) is 3.81. The van der Waals surface area contributed by atoms with Crippen LogP contribution in [0.25, 0.3) is 21.5 Å². The molecule has 5 rings (SSSR count). The van der Waals surface area contributed by atoms with Gasteiger partial charge in [0.25, 0.3) is 0 Å². The van der Waals surface area contributed by atoms with Crippen LogP contribution in [0.5, 0.6) is 11.5 Å². The van der Waals surface area contributed by atoms with E-state index >= 15 is 0 Å². The molecule has 140 valence electrons. The minimum atomic E-state index is -0.454. The molecule has 1 aliphatic rings. The first-order chi connectivity index (χ1) is 13.8. The zero-order valence-electron chi connectivity index (χ0n) is 14.7. The highest BCUT2D eigenvalue weighted by molar-refractivity contribution is 7.13. The number of rotatable bonds is 4. The van der Waals surface area contributed by atoms with Gasteiger partial charge in [0.2, 0.25) is 0 Å². The van der Waals surface area contributed by atoms with Crippen LogP contribution in [-0.2, 0) is 11.3 Å². The summed E-state index contributed by atoms with van der Waals surface area (Å²) in [7, 11) is 0. The molecule has 7 nitrogen and oxygen atoms in total. The second-order valence-corrected chi connectivity index (χ2v) is 7.12. The van der Waals surface area contributed by atoms with Gasteiger partial charge in [-0.15, -0.1) is 11.3 Å². The van der Waals surface area contributed by atoms with E-state index in [0.717, 1.165) is 32.8 Å². The first-order valence-corrected chi connectivity index (χ1v) is 9.59. The second kappa shape index (κ2) is 6.97. The Balaban J connectivity index is 1.29. The van der Waals surface area contributed by atoms with E-state index in [1.165, 1.54) is 11.3 Å². The smallest absolute Gasteiger partial charge is 0.358 e. The molecule has 0 saturated heterocycles. The van der Waals surface area contributed by atoms with Crippen molar-refractivity contribution in [1.82, 2.24) is 15.2 Å². The van der Waals surface area contributed by atoms with Crippen LogP contribution < -0.4 is 9.47 Å². The molecule has 0 radical (unpaired) electrons. The number of hydrogen-bond donors (Lipinski definition) is 1. The second-order valence-electron chi connectivity index (χ2n) is 6.26. The molecule has 0 amide bonds.